The molecule has 3 aromatic carbocycles. The molecule has 39 heavy (non-hydrogen) atoms. The monoisotopic (exact) mass is 559 g/mol. The largest absolute Gasteiger partial charge is 0.573 e. The van der Waals surface area contributed by atoms with Crippen LogP contribution >= 0.6 is 11.3 Å². The van der Waals surface area contributed by atoms with Gasteiger partial charge in [-0.1, -0.05) is 35.6 Å². The van der Waals surface area contributed by atoms with Gasteiger partial charge in [0.15, 0.2) is 5.13 Å². The number of carbonyl (C=O) groups is 2. The number of fused-ring (bicyclic) bond motifs is 1. The lowest BCUT2D eigenvalue weighted by Gasteiger charge is -2.14. The van der Waals surface area contributed by atoms with Gasteiger partial charge in [-0.15, -0.1) is 13.2 Å². The first-order valence-electron chi connectivity index (χ1n) is 11.9. The van der Waals surface area contributed by atoms with Crippen LogP contribution in [0.15, 0.2) is 60.7 Å². The fourth-order valence-electron chi connectivity index (χ4n) is 3.95. The van der Waals surface area contributed by atoms with Gasteiger partial charge in [0.2, 0.25) is 11.8 Å². The molecule has 7 nitrogen and oxygen atoms in total. The number of rotatable bonds is 8. The van der Waals surface area contributed by atoms with Crippen LogP contribution < -0.4 is 15.4 Å². The topological polar surface area (TPSA) is 101 Å². The van der Waals surface area contributed by atoms with E-state index < -0.39 is 29.9 Å². The summed E-state index contributed by atoms with van der Waals surface area (Å²) in [5.74, 6) is -1.91. The Hall–Kier alpha value is -4.03. The van der Waals surface area contributed by atoms with E-state index in [4.69, 9.17) is 0 Å². The predicted octanol–water partition coefficient (Wildman–Crippen LogP) is 5.95. The second-order valence-corrected chi connectivity index (χ2v) is 10.1. The number of thiazole rings is 1. The van der Waals surface area contributed by atoms with Crippen LogP contribution in [0.2, 0.25) is 0 Å². The van der Waals surface area contributed by atoms with Crippen molar-refractivity contribution in [2.75, 3.05) is 10.6 Å². The second-order valence-electron chi connectivity index (χ2n) is 9.07. The number of benzene rings is 3. The number of carbonyl (C=O) groups excluding carboxylic acids is 2. The van der Waals surface area contributed by atoms with E-state index in [0.717, 1.165) is 35.7 Å². The van der Waals surface area contributed by atoms with Gasteiger partial charge < -0.3 is 20.5 Å². The first-order valence-corrected chi connectivity index (χ1v) is 12.7. The van der Waals surface area contributed by atoms with E-state index in [-0.39, 0.29) is 29.5 Å². The molecular weight excluding hydrogens is 538 g/mol. The van der Waals surface area contributed by atoms with Gasteiger partial charge in [-0.05, 0) is 65.9 Å². The molecule has 3 N–H and O–H groups in total. The van der Waals surface area contributed by atoms with Gasteiger partial charge in [0.05, 0.1) is 22.3 Å². The summed E-state index contributed by atoms with van der Waals surface area (Å²) in [5, 5.41) is 16.6. The molecule has 0 saturated heterocycles. The van der Waals surface area contributed by atoms with E-state index in [0.29, 0.717) is 21.8 Å². The highest BCUT2D eigenvalue weighted by Gasteiger charge is 2.31. The third kappa shape index (κ3) is 6.70. The third-order valence-corrected chi connectivity index (χ3v) is 6.92. The predicted molar refractivity (Wildman–Crippen MR) is 137 cm³/mol. The first kappa shape index (κ1) is 26.6. The molecule has 12 heteroatoms. The number of hydrogen-bond donors (Lipinski definition) is 3. The summed E-state index contributed by atoms with van der Waals surface area (Å²) in [4.78, 5) is 28.9. The summed E-state index contributed by atoms with van der Waals surface area (Å²) in [7, 11) is 0. The Kier molecular flexibility index (Phi) is 7.23. The lowest BCUT2D eigenvalue weighted by Crippen LogP contribution is -2.18. The summed E-state index contributed by atoms with van der Waals surface area (Å²) in [6.45, 7) is 0. The van der Waals surface area contributed by atoms with Crippen LogP contribution in [-0.2, 0) is 16.0 Å². The van der Waals surface area contributed by atoms with Crippen molar-refractivity contribution in [1.82, 2.24) is 4.98 Å². The molecule has 1 unspecified atom stereocenters. The molecule has 1 aromatic heterocycles. The maximum absolute atomic E-state index is 14.5. The Labute approximate surface area is 223 Å². The average molecular weight is 560 g/mol. The highest BCUT2D eigenvalue weighted by molar-refractivity contribution is 7.22. The van der Waals surface area contributed by atoms with Crippen molar-refractivity contribution in [3.8, 4) is 5.75 Å². The van der Waals surface area contributed by atoms with Crippen molar-refractivity contribution in [3.05, 3.63) is 83.2 Å². The van der Waals surface area contributed by atoms with Crippen molar-refractivity contribution in [2.45, 2.75) is 31.7 Å². The van der Waals surface area contributed by atoms with Crippen LogP contribution in [0.3, 0.4) is 0 Å². The van der Waals surface area contributed by atoms with Gasteiger partial charge in [-0.25, -0.2) is 9.37 Å². The Morgan fingerprint density at radius 1 is 1.05 bits per heavy atom. The molecule has 202 valence electrons. The van der Waals surface area contributed by atoms with Gasteiger partial charge in [-0.2, -0.15) is 0 Å². The van der Waals surface area contributed by atoms with Crippen LogP contribution in [0.1, 0.15) is 35.6 Å². The quantitative estimate of drug-likeness (QED) is 0.232. The number of alkyl halides is 3. The summed E-state index contributed by atoms with van der Waals surface area (Å²) in [5.41, 5.74) is 1.49. The first-order chi connectivity index (χ1) is 18.5. The zero-order chi connectivity index (χ0) is 27.7. The minimum absolute atomic E-state index is 0.0381. The van der Waals surface area contributed by atoms with E-state index in [1.807, 2.05) is 0 Å². The summed E-state index contributed by atoms with van der Waals surface area (Å²) in [6, 6.07) is 13.8. The molecule has 0 aliphatic heterocycles. The molecule has 1 fully saturated rings. The number of aliphatic hydroxyl groups is 1. The molecule has 4 aromatic rings. The van der Waals surface area contributed by atoms with E-state index in [1.165, 1.54) is 35.6 Å². The van der Waals surface area contributed by atoms with E-state index in [1.54, 1.807) is 18.2 Å². The fraction of sp³-hybridized carbons (Fsp3) is 0.222. The normalized spacial score (nSPS) is 14.2. The smallest absolute Gasteiger partial charge is 0.406 e. The van der Waals surface area contributed by atoms with Crippen molar-refractivity contribution < 1.29 is 37.0 Å². The second kappa shape index (κ2) is 10.6. The molecule has 0 bridgehead atoms. The SMILES string of the molecule is O=C(Cc1cccc(OC(F)(F)F)c1)Nc1cc(C(O)c2ccc3nc(NC(=O)C4CC4)sc3c2)ccc1F. The number of hydrogen-bond acceptors (Lipinski definition) is 6. The molecule has 1 aliphatic rings. The maximum atomic E-state index is 14.5. The zero-order valence-electron chi connectivity index (χ0n) is 20.1. The van der Waals surface area contributed by atoms with Gasteiger partial charge in [-0.3, -0.25) is 9.59 Å². The van der Waals surface area contributed by atoms with Gasteiger partial charge in [0, 0.05) is 5.92 Å². The number of nitrogens with zero attached hydrogens (tertiary/aromatic N) is 1. The Balaban J connectivity index is 1.28. The average Bonchev–Trinajstić information content (AvgIpc) is 3.64. The van der Waals surface area contributed by atoms with Gasteiger partial charge in [0.25, 0.3) is 0 Å². The molecule has 1 saturated carbocycles. The van der Waals surface area contributed by atoms with Crippen LogP contribution in [-0.4, -0.2) is 28.3 Å². The minimum Gasteiger partial charge on any atom is -0.406 e. The lowest BCUT2D eigenvalue weighted by atomic mass is 10.0. The number of anilines is 2. The maximum Gasteiger partial charge on any atom is 0.573 e. The molecule has 0 radical (unpaired) electrons. The highest BCUT2D eigenvalue weighted by Crippen LogP contribution is 2.34. The van der Waals surface area contributed by atoms with Crippen molar-refractivity contribution in [1.29, 1.82) is 0 Å². The standard InChI is InChI=1S/C27H21F4N3O4S/c28-19-8-6-16(12-21(19)32-23(35)11-14-2-1-3-18(10-14)38-27(29,30)31)24(36)17-7-9-20-22(13-17)39-26(33-20)34-25(37)15-4-5-15/h1-3,6-10,12-13,15,24,36H,4-5,11H2,(H,32,35)(H,33,34,37). The summed E-state index contributed by atoms with van der Waals surface area (Å²) >= 11 is 1.27. The Bertz CT molecular complexity index is 1550. The lowest BCUT2D eigenvalue weighted by molar-refractivity contribution is -0.274. The molecule has 0 spiro atoms. The Morgan fingerprint density at radius 2 is 1.79 bits per heavy atom. The summed E-state index contributed by atoms with van der Waals surface area (Å²) < 4.78 is 56.5. The van der Waals surface area contributed by atoms with Crippen LogP contribution in [0.4, 0.5) is 28.4 Å². The fourth-order valence-corrected chi connectivity index (χ4v) is 4.87. The molecule has 1 heterocycles. The van der Waals surface area contributed by atoms with E-state index >= 15 is 0 Å². The number of aliphatic hydroxyl groups excluding tert-OH is 1. The Morgan fingerprint density at radius 3 is 2.54 bits per heavy atom. The minimum atomic E-state index is -4.87. The zero-order valence-corrected chi connectivity index (χ0v) is 20.9. The number of aromatic nitrogens is 1. The number of nitrogens with one attached hydrogen (secondary N) is 2. The van der Waals surface area contributed by atoms with E-state index in [9.17, 15) is 32.3 Å². The highest BCUT2D eigenvalue weighted by atomic mass is 32.1. The molecule has 1 atom stereocenters. The molecule has 1 aliphatic carbocycles. The number of halogens is 4. The third-order valence-electron chi connectivity index (χ3n) is 5.98. The van der Waals surface area contributed by atoms with Crippen LogP contribution in [0.5, 0.6) is 5.75 Å². The molecular formula is C27H21F4N3O4S. The van der Waals surface area contributed by atoms with Crippen LogP contribution in [0, 0.1) is 11.7 Å². The number of ether oxygens (including phenoxy) is 1. The van der Waals surface area contributed by atoms with Crippen molar-refractivity contribution >= 4 is 44.2 Å². The van der Waals surface area contributed by atoms with E-state index in [2.05, 4.69) is 20.4 Å². The summed E-state index contributed by atoms with van der Waals surface area (Å²) in [6.07, 6.45) is -4.62. The van der Waals surface area contributed by atoms with Crippen molar-refractivity contribution in [3.63, 3.8) is 0 Å². The van der Waals surface area contributed by atoms with Gasteiger partial charge in [0.1, 0.15) is 17.7 Å². The molecule has 5 rings (SSSR count). The molecule has 2 amide bonds. The van der Waals surface area contributed by atoms with Gasteiger partial charge >= 0.3 is 6.36 Å². The van der Waals surface area contributed by atoms with Crippen molar-refractivity contribution in [2.24, 2.45) is 5.92 Å². The number of amides is 2. The van der Waals surface area contributed by atoms with Crippen LogP contribution in [0.25, 0.3) is 10.2 Å².